The van der Waals surface area contributed by atoms with Gasteiger partial charge in [-0.25, -0.2) is 0 Å². The van der Waals surface area contributed by atoms with Crippen molar-refractivity contribution in [3.63, 3.8) is 0 Å². The van der Waals surface area contributed by atoms with E-state index in [1.54, 1.807) is 11.1 Å². The minimum Gasteiger partial charge on any atom is -0.355 e. The number of fused-ring (bicyclic) bond motifs is 3. The van der Waals surface area contributed by atoms with Gasteiger partial charge in [0.25, 0.3) is 0 Å². The average molecular weight is 454 g/mol. The second-order valence-corrected chi connectivity index (χ2v) is 11.6. The summed E-state index contributed by atoms with van der Waals surface area (Å²) < 4.78 is 0. The molecule has 1 N–H and O–H groups in total. The standard InChI is InChI=1S/C34H31N/c1-2-7-24(8-3-1)25-9-6-10-28(20-25)35-29-13-14-33-31(21-29)30-11-4-5-12-32(30)34(33)26-16-22-15-23(18-26)19-27(34)17-22/h1-14,20-23,26-27,35H,15-19H2. The van der Waals surface area contributed by atoms with Crippen molar-refractivity contribution in [3.05, 3.63) is 108 Å². The van der Waals surface area contributed by atoms with E-state index in [2.05, 4.69) is 102 Å². The Kier molecular flexibility index (Phi) is 4.18. The first-order chi connectivity index (χ1) is 17.3. The summed E-state index contributed by atoms with van der Waals surface area (Å²) in [6, 6.07) is 36.0. The zero-order valence-electron chi connectivity index (χ0n) is 20.1. The smallest absolute Gasteiger partial charge is 0.0390 e. The molecule has 0 atom stereocenters. The number of hydrogen-bond acceptors (Lipinski definition) is 1. The molecular weight excluding hydrogens is 422 g/mol. The predicted molar refractivity (Wildman–Crippen MR) is 145 cm³/mol. The minimum atomic E-state index is 0.255. The quantitative estimate of drug-likeness (QED) is 0.327. The van der Waals surface area contributed by atoms with Gasteiger partial charge in [0.15, 0.2) is 0 Å². The highest BCUT2D eigenvalue weighted by Gasteiger charge is 2.61. The molecule has 0 aliphatic heterocycles. The summed E-state index contributed by atoms with van der Waals surface area (Å²) in [6.45, 7) is 0. The van der Waals surface area contributed by atoms with Gasteiger partial charge in [0, 0.05) is 16.8 Å². The van der Waals surface area contributed by atoms with Crippen LogP contribution in [0.1, 0.15) is 43.2 Å². The van der Waals surface area contributed by atoms with E-state index in [0.29, 0.717) is 0 Å². The van der Waals surface area contributed by atoms with Gasteiger partial charge in [-0.05, 0) is 113 Å². The normalized spacial score (nSPS) is 29.3. The fourth-order valence-electron chi connectivity index (χ4n) is 8.81. The molecule has 1 heteroatoms. The van der Waals surface area contributed by atoms with E-state index in [9.17, 15) is 0 Å². The van der Waals surface area contributed by atoms with Crippen molar-refractivity contribution in [2.75, 3.05) is 5.32 Å². The Morgan fingerprint density at radius 3 is 1.97 bits per heavy atom. The number of benzene rings is 4. The van der Waals surface area contributed by atoms with Gasteiger partial charge >= 0.3 is 0 Å². The van der Waals surface area contributed by atoms with Gasteiger partial charge < -0.3 is 5.32 Å². The summed E-state index contributed by atoms with van der Waals surface area (Å²) in [5, 5.41) is 3.73. The first kappa shape index (κ1) is 19.9. The molecule has 172 valence electrons. The fourth-order valence-corrected chi connectivity index (χ4v) is 8.81. The third kappa shape index (κ3) is 2.82. The molecule has 9 rings (SSSR count). The van der Waals surface area contributed by atoms with Gasteiger partial charge in [-0.2, -0.15) is 0 Å². The Balaban J connectivity index is 1.21. The van der Waals surface area contributed by atoms with E-state index in [1.807, 2.05) is 0 Å². The van der Waals surface area contributed by atoms with Crippen LogP contribution in [-0.4, -0.2) is 0 Å². The highest BCUT2D eigenvalue weighted by atomic mass is 14.9. The Bertz CT molecular complexity index is 1400. The van der Waals surface area contributed by atoms with Gasteiger partial charge in [0.2, 0.25) is 0 Å². The first-order valence-corrected chi connectivity index (χ1v) is 13.5. The van der Waals surface area contributed by atoms with Crippen LogP contribution >= 0.6 is 0 Å². The van der Waals surface area contributed by atoms with Crippen LogP contribution in [0.3, 0.4) is 0 Å². The molecule has 4 aromatic carbocycles. The van der Waals surface area contributed by atoms with Gasteiger partial charge in [0.05, 0.1) is 0 Å². The summed E-state index contributed by atoms with van der Waals surface area (Å²) in [7, 11) is 0. The highest BCUT2D eigenvalue weighted by Crippen LogP contribution is 2.69. The zero-order valence-corrected chi connectivity index (χ0v) is 20.1. The van der Waals surface area contributed by atoms with E-state index in [0.717, 1.165) is 29.4 Å². The molecule has 0 heterocycles. The molecule has 1 nitrogen and oxygen atoms in total. The molecule has 5 aliphatic rings. The molecule has 0 radical (unpaired) electrons. The van der Waals surface area contributed by atoms with Gasteiger partial charge in [-0.15, -0.1) is 0 Å². The summed E-state index contributed by atoms with van der Waals surface area (Å²) >= 11 is 0. The summed E-state index contributed by atoms with van der Waals surface area (Å²) in [6.07, 6.45) is 7.25. The van der Waals surface area contributed by atoms with Crippen LogP contribution in [0.25, 0.3) is 22.3 Å². The van der Waals surface area contributed by atoms with Crippen molar-refractivity contribution < 1.29 is 0 Å². The molecule has 0 aromatic heterocycles. The summed E-state index contributed by atoms with van der Waals surface area (Å²) in [5.74, 6) is 3.61. The van der Waals surface area contributed by atoms with Crippen LogP contribution < -0.4 is 5.32 Å². The second kappa shape index (κ2) is 7.34. The van der Waals surface area contributed by atoms with Crippen LogP contribution in [0.5, 0.6) is 0 Å². The molecule has 35 heavy (non-hydrogen) atoms. The highest BCUT2D eigenvalue weighted by molar-refractivity contribution is 5.85. The Morgan fingerprint density at radius 1 is 0.514 bits per heavy atom. The fraction of sp³-hybridized carbons (Fsp3) is 0.294. The first-order valence-electron chi connectivity index (χ1n) is 13.5. The Labute approximate surface area is 208 Å². The van der Waals surface area contributed by atoms with Crippen LogP contribution in [0.15, 0.2) is 97.1 Å². The average Bonchev–Trinajstić information content (AvgIpc) is 3.18. The number of nitrogens with one attached hydrogen (secondary N) is 1. The lowest BCUT2D eigenvalue weighted by atomic mass is 9.43. The summed E-state index contributed by atoms with van der Waals surface area (Å²) in [5.41, 5.74) is 11.3. The Hall–Kier alpha value is -3.32. The zero-order chi connectivity index (χ0) is 23.0. The third-order valence-electron chi connectivity index (χ3n) is 9.81. The minimum absolute atomic E-state index is 0.255. The largest absolute Gasteiger partial charge is 0.355 e. The van der Waals surface area contributed by atoms with Crippen molar-refractivity contribution >= 4 is 11.4 Å². The molecule has 0 saturated heterocycles. The lowest BCUT2D eigenvalue weighted by molar-refractivity contribution is -0.0399. The molecule has 0 amide bonds. The van der Waals surface area contributed by atoms with Gasteiger partial charge in [-0.1, -0.05) is 72.8 Å². The lowest BCUT2D eigenvalue weighted by Gasteiger charge is -2.61. The number of rotatable bonds is 3. The van der Waals surface area contributed by atoms with Crippen molar-refractivity contribution in [1.82, 2.24) is 0 Å². The van der Waals surface area contributed by atoms with Crippen LogP contribution in [0.2, 0.25) is 0 Å². The Morgan fingerprint density at radius 2 is 1.17 bits per heavy atom. The molecule has 4 saturated carbocycles. The van der Waals surface area contributed by atoms with Gasteiger partial charge in [-0.3, -0.25) is 0 Å². The SMILES string of the molecule is c1ccc(-c2cccc(Nc3ccc4c(c3)-c3ccccc3C43C4CC5CC(C4)CC3C5)c2)cc1. The lowest BCUT2D eigenvalue weighted by Crippen LogP contribution is -2.55. The van der Waals surface area contributed by atoms with E-state index in [4.69, 9.17) is 0 Å². The maximum Gasteiger partial charge on any atom is 0.0390 e. The predicted octanol–water partition coefficient (Wildman–Crippen LogP) is 8.82. The monoisotopic (exact) mass is 453 g/mol. The van der Waals surface area contributed by atoms with Crippen molar-refractivity contribution in [2.45, 2.75) is 37.5 Å². The summed E-state index contributed by atoms with van der Waals surface area (Å²) in [4.78, 5) is 0. The van der Waals surface area contributed by atoms with Crippen LogP contribution in [0, 0.1) is 23.7 Å². The maximum atomic E-state index is 3.73. The molecule has 0 unspecified atom stereocenters. The molecule has 4 bridgehead atoms. The van der Waals surface area contributed by atoms with E-state index >= 15 is 0 Å². The molecule has 4 fully saturated rings. The van der Waals surface area contributed by atoms with E-state index < -0.39 is 0 Å². The molecule has 5 aliphatic carbocycles. The van der Waals surface area contributed by atoms with Crippen molar-refractivity contribution in [1.29, 1.82) is 0 Å². The van der Waals surface area contributed by atoms with E-state index in [1.165, 1.54) is 60.0 Å². The van der Waals surface area contributed by atoms with Crippen LogP contribution in [0.4, 0.5) is 11.4 Å². The van der Waals surface area contributed by atoms with Crippen molar-refractivity contribution in [2.24, 2.45) is 23.7 Å². The van der Waals surface area contributed by atoms with Gasteiger partial charge in [0.1, 0.15) is 0 Å². The topological polar surface area (TPSA) is 12.0 Å². The number of hydrogen-bond donors (Lipinski definition) is 1. The van der Waals surface area contributed by atoms with E-state index in [-0.39, 0.29) is 5.41 Å². The third-order valence-corrected chi connectivity index (χ3v) is 9.81. The second-order valence-electron chi connectivity index (χ2n) is 11.6. The number of anilines is 2. The molecular formula is C34H31N. The van der Waals surface area contributed by atoms with Crippen molar-refractivity contribution in [3.8, 4) is 22.3 Å². The molecule has 4 aromatic rings. The molecule has 1 spiro atoms. The van der Waals surface area contributed by atoms with Crippen LogP contribution in [-0.2, 0) is 5.41 Å². The maximum absolute atomic E-state index is 3.73.